The van der Waals surface area contributed by atoms with Crippen LogP contribution in [0.2, 0.25) is 0 Å². The van der Waals surface area contributed by atoms with E-state index in [0.29, 0.717) is 32.8 Å². The molecule has 0 saturated carbocycles. The van der Waals surface area contributed by atoms with Gasteiger partial charge < -0.3 is 9.64 Å². The number of piperidine rings is 1. The first-order chi connectivity index (χ1) is 8.29. The van der Waals surface area contributed by atoms with Crippen molar-refractivity contribution in [1.82, 2.24) is 9.80 Å². The van der Waals surface area contributed by atoms with E-state index in [0.717, 1.165) is 25.9 Å². The van der Waals surface area contributed by atoms with Gasteiger partial charge in [0.15, 0.2) is 0 Å². The number of morpholine rings is 1. The van der Waals surface area contributed by atoms with Crippen molar-refractivity contribution in [2.45, 2.75) is 12.8 Å². The minimum atomic E-state index is 0.185. The molecule has 17 heavy (non-hydrogen) atoms. The van der Waals surface area contributed by atoms with Crippen molar-refractivity contribution in [2.24, 2.45) is 5.92 Å². The zero-order valence-corrected chi connectivity index (χ0v) is 10.1. The lowest BCUT2D eigenvalue weighted by Gasteiger charge is -2.32. The summed E-state index contributed by atoms with van der Waals surface area (Å²) >= 11 is 0. The number of hydrogen-bond acceptors (Lipinski definition) is 4. The fourth-order valence-electron chi connectivity index (χ4n) is 2.32. The number of ether oxygens (including phenoxy) is 1. The number of carbonyl (C=O) groups excluding carboxylic acids is 1. The molecule has 0 atom stereocenters. The number of nitrogens with zero attached hydrogens (tertiary/aromatic N) is 3. The Hall–Kier alpha value is -1.12. The predicted molar refractivity (Wildman–Crippen MR) is 62.2 cm³/mol. The number of likely N-dealkylation sites (tertiary alicyclic amines) is 1. The van der Waals surface area contributed by atoms with Gasteiger partial charge in [-0.05, 0) is 25.9 Å². The summed E-state index contributed by atoms with van der Waals surface area (Å²) in [4.78, 5) is 16.0. The molecule has 2 rings (SSSR count). The molecule has 0 unspecified atom stereocenters. The average Bonchev–Trinajstić information content (AvgIpc) is 2.40. The SMILES string of the molecule is N#CC1CCN(CC(=O)N2CCOCC2)CC1. The van der Waals surface area contributed by atoms with Crippen LogP contribution < -0.4 is 0 Å². The third-order valence-electron chi connectivity index (χ3n) is 3.49. The van der Waals surface area contributed by atoms with E-state index in [1.165, 1.54) is 0 Å². The van der Waals surface area contributed by atoms with E-state index in [-0.39, 0.29) is 11.8 Å². The molecular formula is C12H19N3O2. The summed E-state index contributed by atoms with van der Waals surface area (Å²) in [5, 5.41) is 8.81. The van der Waals surface area contributed by atoms with Crippen LogP contribution in [0.3, 0.4) is 0 Å². The molecule has 0 bridgehead atoms. The van der Waals surface area contributed by atoms with E-state index < -0.39 is 0 Å². The minimum absolute atomic E-state index is 0.185. The fourth-order valence-corrected chi connectivity index (χ4v) is 2.32. The highest BCUT2D eigenvalue weighted by Gasteiger charge is 2.23. The number of hydrogen-bond donors (Lipinski definition) is 0. The Kier molecular flexibility index (Phi) is 4.35. The molecule has 2 heterocycles. The van der Waals surface area contributed by atoms with E-state index in [9.17, 15) is 4.79 Å². The van der Waals surface area contributed by atoms with Gasteiger partial charge in [0.1, 0.15) is 0 Å². The normalized spacial score (nSPS) is 23.4. The molecule has 0 aliphatic carbocycles. The van der Waals surface area contributed by atoms with Crippen molar-refractivity contribution in [1.29, 1.82) is 5.26 Å². The van der Waals surface area contributed by atoms with E-state index in [1.807, 2.05) is 4.90 Å². The molecule has 5 heteroatoms. The van der Waals surface area contributed by atoms with Crippen molar-refractivity contribution in [2.75, 3.05) is 45.9 Å². The van der Waals surface area contributed by atoms with Crippen LogP contribution in [0.4, 0.5) is 0 Å². The van der Waals surface area contributed by atoms with Crippen LogP contribution in [0.1, 0.15) is 12.8 Å². The molecule has 1 amide bonds. The molecule has 0 radical (unpaired) electrons. The second-order valence-corrected chi connectivity index (χ2v) is 4.67. The van der Waals surface area contributed by atoms with Gasteiger partial charge in [0.05, 0.1) is 25.8 Å². The second kappa shape index (κ2) is 5.99. The summed E-state index contributed by atoms with van der Waals surface area (Å²) in [5.74, 6) is 0.383. The highest BCUT2D eigenvalue weighted by atomic mass is 16.5. The Morgan fingerprint density at radius 1 is 1.24 bits per heavy atom. The van der Waals surface area contributed by atoms with E-state index >= 15 is 0 Å². The molecule has 5 nitrogen and oxygen atoms in total. The predicted octanol–water partition coefficient (Wildman–Crippen LogP) is 0.0808. The van der Waals surface area contributed by atoms with Crippen LogP contribution in [0.15, 0.2) is 0 Å². The molecule has 2 fully saturated rings. The lowest BCUT2D eigenvalue weighted by molar-refractivity contribution is -0.136. The molecular weight excluding hydrogens is 218 g/mol. The third kappa shape index (κ3) is 3.42. The summed E-state index contributed by atoms with van der Waals surface area (Å²) in [6.07, 6.45) is 1.79. The van der Waals surface area contributed by atoms with Gasteiger partial charge in [0.2, 0.25) is 5.91 Å². The minimum Gasteiger partial charge on any atom is -0.378 e. The fraction of sp³-hybridized carbons (Fsp3) is 0.833. The van der Waals surface area contributed by atoms with Crippen molar-refractivity contribution >= 4 is 5.91 Å². The maximum Gasteiger partial charge on any atom is 0.236 e. The zero-order chi connectivity index (χ0) is 12.1. The zero-order valence-electron chi connectivity index (χ0n) is 10.1. The summed E-state index contributed by atoms with van der Waals surface area (Å²) in [6, 6.07) is 2.30. The first-order valence-corrected chi connectivity index (χ1v) is 6.27. The van der Waals surface area contributed by atoms with Gasteiger partial charge in [-0.2, -0.15) is 5.26 Å². The van der Waals surface area contributed by atoms with E-state index in [4.69, 9.17) is 10.00 Å². The molecule has 0 aromatic carbocycles. The van der Waals surface area contributed by atoms with Crippen molar-refractivity contribution in [3.05, 3.63) is 0 Å². The Morgan fingerprint density at radius 3 is 2.47 bits per heavy atom. The molecule has 2 aliphatic heterocycles. The quantitative estimate of drug-likeness (QED) is 0.682. The van der Waals surface area contributed by atoms with Crippen LogP contribution in [-0.2, 0) is 9.53 Å². The third-order valence-corrected chi connectivity index (χ3v) is 3.49. The maximum atomic E-state index is 12.0. The van der Waals surface area contributed by atoms with Gasteiger partial charge in [-0.25, -0.2) is 0 Å². The Balaban J connectivity index is 1.74. The highest BCUT2D eigenvalue weighted by Crippen LogP contribution is 2.15. The molecule has 2 saturated heterocycles. The first kappa shape index (κ1) is 12.3. The summed E-state index contributed by atoms with van der Waals surface area (Å²) in [6.45, 7) is 4.98. The van der Waals surface area contributed by atoms with E-state index in [1.54, 1.807) is 0 Å². The lowest BCUT2D eigenvalue weighted by atomic mass is 9.99. The molecule has 0 N–H and O–H groups in total. The maximum absolute atomic E-state index is 12.0. The van der Waals surface area contributed by atoms with Crippen molar-refractivity contribution in [3.8, 4) is 6.07 Å². The average molecular weight is 237 g/mol. The van der Waals surface area contributed by atoms with Crippen molar-refractivity contribution < 1.29 is 9.53 Å². The molecule has 94 valence electrons. The van der Waals surface area contributed by atoms with Crippen LogP contribution in [0, 0.1) is 17.2 Å². The van der Waals surface area contributed by atoms with Crippen LogP contribution >= 0.6 is 0 Å². The number of nitriles is 1. The summed E-state index contributed by atoms with van der Waals surface area (Å²) in [7, 11) is 0. The van der Waals surface area contributed by atoms with Crippen LogP contribution in [-0.4, -0.2) is 61.6 Å². The first-order valence-electron chi connectivity index (χ1n) is 6.27. The molecule has 0 aromatic rings. The largest absolute Gasteiger partial charge is 0.378 e. The van der Waals surface area contributed by atoms with E-state index in [2.05, 4.69) is 11.0 Å². The Morgan fingerprint density at radius 2 is 1.88 bits per heavy atom. The Bertz CT molecular complexity index is 299. The van der Waals surface area contributed by atoms with Gasteiger partial charge in [-0.15, -0.1) is 0 Å². The van der Waals surface area contributed by atoms with Crippen LogP contribution in [0.25, 0.3) is 0 Å². The standard InChI is InChI=1S/C12H19N3O2/c13-9-11-1-3-14(4-2-11)10-12(16)15-5-7-17-8-6-15/h11H,1-8,10H2. The number of carbonyl (C=O) groups is 1. The van der Waals surface area contributed by atoms with Gasteiger partial charge in [0, 0.05) is 19.0 Å². The Labute approximate surface area is 102 Å². The van der Waals surface area contributed by atoms with Gasteiger partial charge in [-0.1, -0.05) is 0 Å². The topological polar surface area (TPSA) is 56.6 Å². The molecule has 2 aliphatic rings. The monoisotopic (exact) mass is 237 g/mol. The number of amides is 1. The van der Waals surface area contributed by atoms with Crippen molar-refractivity contribution in [3.63, 3.8) is 0 Å². The van der Waals surface area contributed by atoms with Gasteiger partial charge in [-0.3, -0.25) is 9.69 Å². The lowest BCUT2D eigenvalue weighted by Crippen LogP contribution is -2.47. The smallest absolute Gasteiger partial charge is 0.236 e. The second-order valence-electron chi connectivity index (χ2n) is 4.67. The van der Waals surface area contributed by atoms with Gasteiger partial charge >= 0.3 is 0 Å². The summed E-state index contributed by atoms with van der Waals surface area (Å²) < 4.78 is 5.22. The highest BCUT2D eigenvalue weighted by molar-refractivity contribution is 5.78. The molecule has 0 aromatic heterocycles. The van der Waals surface area contributed by atoms with Gasteiger partial charge in [0.25, 0.3) is 0 Å². The molecule has 0 spiro atoms. The number of rotatable bonds is 2. The van der Waals surface area contributed by atoms with Crippen LogP contribution in [0.5, 0.6) is 0 Å². The summed E-state index contributed by atoms with van der Waals surface area (Å²) in [5.41, 5.74) is 0.